The molecule has 0 radical (unpaired) electrons. The Bertz CT molecular complexity index is 356. The zero-order valence-corrected chi connectivity index (χ0v) is 8.61. The molecule has 0 amide bonds. The van der Waals surface area contributed by atoms with E-state index in [1.54, 1.807) is 4.90 Å². The first-order valence-electron chi connectivity index (χ1n) is 5.09. The summed E-state index contributed by atoms with van der Waals surface area (Å²) < 4.78 is 26.6. The van der Waals surface area contributed by atoms with E-state index < -0.39 is 23.8 Å². The van der Waals surface area contributed by atoms with Gasteiger partial charge in [0.1, 0.15) is 11.6 Å². The number of rotatable bonds is 2. The normalized spacial score (nSPS) is 26.2. The van der Waals surface area contributed by atoms with Gasteiger partial charge >= 0.3 is 0 Å². The molecule has 0 aromatic heterocycles. The second-order valence-electron chi connectivity index (χ2n) is 4.03. The minimum atomic E-state index is -0.838. The molecule has 0 aliphatic carbocycles. The van der Waals surface area contributed by atoms with E-state index >= 15 is 0 Å². The Hall–Kier alpha value is -1.04. The number of halogens is 2. The van der Waals surface area contributed by atoms with Crippen LogP contribution in [-0.4, -0.2) is 40.4 Å². The first-order chi connectivity index (χ1) is 7.58. The van der Waals surface area contributed by atoms with Crippen LogP contribution in [0.4, 0.5) is 8.78 Å². The number of hydrogen-bond acceptors (Lipinski definition) is 3. The Kier molecular flexibility index (Phi) is 3.18. The van der Waals surface area contributed by atoms with Crippen molar-refractivity contribution in [3.8, 4) is 0 Å². The summed E-state index contributed by atoms with van der Waals surface area (Å²) in [5.74, 6) is -1.20. The number of β-amino-alcohol motifs (C(OH)–C–C–N with tert-alkyl or cyclic N) is 2. The van der Waals surface area contributed by atoms with Crippen LogP contribution in [0.3, 0.4) is 0 Å². The van der Waals surface area contributed by atoms with E-state index in [1.807, 2.05) is 0 Å². The maximum absolute atomic E-state index is 13.3. The van der Waals surface area contributed by atoms with Gasteiger partial charge in [-0.1, -0.05) is 6.07 Å². The number of aliphatic hydroxyl groups excluding tert-OH is 2. The Morgan fingerprint density at radius 1 is 1.12 bits per heavy atom. The summed E-state index contributed by atoms with van der Waals surface area (Å²) in [4.78, 5) is 1.62. The van der Waals surface area contributed by atoms with Crippen molar-refractivity contribution in [2.75, 3.05) is 13.1 Å². The lowest BCUT2D eigenvalue weighted by Crippen LogP contribution is -2.22. The predicted molar refractivity (Wildman–Crippen MR) is 53.6 cm³/mol. The van der Waals surface area contributed by atoms with E-state index in [0.717, 1.165) is 0 Å². The third kappa shape index (κ3) is 2.21. The van der Waals surface area contributed by atoms with Gasteiger partial charge in [-0.3, -0.25) is 4.90 Å². The highest BCUT2D eigenvalue weighted by Crippen LogP contribution is 2.18. The Morgan fingerprint density at radius 3 is 2.12 bits per heavy atom. The van der Waals surface area contributed by atoms with Crippen molar-refractivity contribution in [3.05, 3.63) is 35.4 Å². The molecule has 0 saturated carbocycles. The monoisotopic (exact) mass is 229 g/mol. The van der Waals surface area contributed by atoms with Crippen LogP contribution < -0.4 is 0 Å². The third-order valence-corrected chi connectivity index (χ3v) is 2.78. The van der Waals surface area contributed by atoms with Crippen molar-refractivity contribution in [1.82, 2.24) is 4.90 Å². The first-order valence-corrected chi connectivity index (χ1v) is 5.09. The summed E-state index contributed by atoms with van der Waals surface area (Å²) in [6.45, 7) is 0.524. The lowest BCUT2D eigenvalue weighted by atomic mass is 10.2. The summed E-state index contributed by atoms with van der Waals surface area (Å²) in [7, 11) is 0. The summed E-state index contributed by atoms with van der Waals surface area (Å²) in [5.41, 5.74) is -0.0243. The predicted octanol–water partition coefficient (Wildman–Crippen LogP) is 0.502. The maximum Gasteiger partial charge on any atom is 0.130 e. The molecule has 1 saturated heterocycles. The van der Waals surface area contributed by atoms with E-state index in [9.17, 15) is 19.0 Å². The van der Waals surface area contributed by atoms with Gasteiger partial charge in [0.15, 0.2) is 0 Å². The molecular weight excluding hydrogens is 216 g/mol. The summed E-state index contributed by atoms with van der Waals surface area (Å²) in [6.07, 6.45) is -1.68. The van der Waals surface area contributed by atoms with E-state index in [-0.39, 0.29) is 25.2 Å². The van der Waals surface area contributed by atoms with Crippen molar-refractivity contribution < 1.29 is 19.0 Å². The zero-order valence-electron chi connectivity index (χ0n) is 8.61. The van der Waals surface area contributed by atoms with Gasteiger partial charge in [-0.25, -0.2) is 8.78 Å². The molecule has 3 nitrogen and oxygen atoms in total. The lowest BCUT2D eigenvalue weighted by Gasteiger charge is -2.15. The molecule has 1 aromatic carbocycles. The van der Waals surface area contributed by atoms with Crippen molar-refractivity contribution in [2.24, 2.45) is 0 Å². The molecule has 0 bridgehead atoms. The van der Waals surface area contributed by atoms with Gasteiger partial charge in [-0.2, -0.15) is 0 Å². The average molecular weight is 229 g/mol. The fourth-order valence-corrected chi connectivity index (χ4v) is 1.88. The van der Waals surface area contributed by atoms with Gasteiger partial charge < -0.3 is 10.2 Å². The van der Waals surface area contributed by atoms with Crippen LogP contribution in [0.5, 0.6) is 0 Å². The number of likely N-dealkylation sites (tertiary alicyclic amines) is 1. The van der Waals surface area contributed by atoms with E-state index in [1.165, 1.54) is 18.2 Å². The minimum absolute atomic E-state index is 0.0243. The van der Waals surface area contributed by atoms with E-state index in [4.69, 9.17) is 0 Å². The van der Waals surface area contributed by atoms with Crippen LogP contribution in [0.1, 0.15) is 5.56 Å². The molecule has 1 aliphatic rings. The quantitative estimate of drug-likeness (QED) is 0.776. The topological polar surface area (TPSA) is 43.7 Å². The van der Waals surface area contributed by atoms with Crippen molar-refractivity contribution in [3.63, 3.8) is 0 Å². The minimum Gasteiger partial charge on any atom is -0.389 e. The molecule has 88 valence electrons. The van der Waals surface area contributed by atoms with Gasteiger partial charge in [-0.15, -0.1) is 0 Å². The smallest absolute Gasteiger partial charge is 0.130 e. The number of hydrogen-bond donors (Lipinski definition) is 2. The van der Waals surface area contributed by atoms with Crippen LogP contribution in [-0.2, 0) is 6.54 Å². The SMILES string of the molecule is OC1CN(Cc2c(F)cccc2F)CC1O. The standard InChI is InChI=1S/C11H13F2NO2/c12-8-2-1-3-9(13)7(8)4-14-5-10(15)11(16)6-14/h1-3,10-11,15-16H,4-6H2. The van der Waals surface area contributed by atoms with Crippen LogP contribution in [0.25, 0.3) is 0 Å². The summed E-state index contributed by atoms with van der Waals surface area (Å²) >= 11 is 0. The highest BCUT2D eigenvalue weighted by atomic mass is 19.1. The van der Waals surface area contributed by atoms with E-state index in [0.29, 0.717) is 0 Å². The van der Waals surface area contributed by atoms with Crippen molar-refractivity contribution in [1.29, 1.82) is 0 Å². The van der Waals surface area contributed by atoms with Crippen LogP contribution in [0.2, 0.25) is 0 Å². The molecular formula is C11H13F2NO2. The maximum atomic E-state index is 13.3. The van der Waals surface area contributed by atoms with Crippen LogP contribution in [0.15, 0.2) is 18.2 Å². The van der Waals surface area contributed by atoms with Crippen LogP contribution >= 0.6 is 0 Å². The number of aliphatic hydroxyl groups is 2. The number of nitrogens with zero attached hydrogens (tertiary/aromatic N) is 1. The Labute approximate surface area is 91.9 Å². The fraction of sp³-hybridized carbons (Fsp3) is 0.455. The summed E-state index contributed by atoms with van der Waals surface area (Å²) in [5, 5.41) is 18.6. The molecule has 2 rings (SSSR count). The second-order valence-corrected chi connectivity index (χ2v) is 4.03. The molecule has 2 N–H and O–H groups in total. The Balaban J connectivity index is 2.10. The number of benzene rings is 1. The van der Waals surface area contributed by atoms with Crippen molar-refractivity contribution >= 4 is 0 Å². The van der Waals surface area contributed by atoms with Gasteiger partial charge in [0.25, 0.3) is 0 Å². The third-order valence-electron chi connectivity index (χ3n) is 2.78. The molecule has 16 heavy (non-hydrogen) atoms. The van der Waals surface area contributed by atoms with E-state index in [2.05, 4.69) is 0 Å². The molecule has 1 aliphatic heterocycles. The van der Waals surface area contributed by atoms with Gasteiger partial charge in [0.2, 0.25) is 0 Å². The molecule has 1 aromatic rings. The largest absolute Gasteiger partial charge is 0.389 e. The van der Waals surface area contributed by atoms with Crippen molar-refractivity contribution in [2.45, 2.75) is 18.8 Å². The highest BCUT2D eigenvalue weighted by molar-refractivity contribution is 5.19. The average Bonchev–Trinajstić information content (AvgIpc) is 2.53. The van der Waals surface area contributed by atoms with Gasteiger partial charge in [0.05, 0.1) is 12.2 Å². The Morgan fingerprint density at radius 2 is 1.62 bits per heavy atom. The molecule has 5 heteroatoms. The molecule has 1 heterocycles. The zero-order chi connectivity index (χ0) is 11.7. The molecule has 0 spiro atoms. The lowest BCUT2D eigenvalue weighted by molar-refractivity contribution is 0.0572. The second kappa shape index (κ2) is 4.45. The molecule has 2 unspecified atom stereocenters. The highest BCUT2D eigenvalue weighted by Gasteiger charge is 2.30. The van der Waals surface area contributed by atoms with Crippen LogP contribution in [0, 0.1) is 11.6 Å². The fourth-order valence-electron chi connectivity index (χ4n) is 1.88. The molecule has 1 fully saturated rings. The van der Waals surface area contributed by atoms with Gasteiger partial charge in [0, 0.05) is 25.2 Å². The first kappa shape index (κ1) is 11.4. The summed E-state index contributed by atoms with van der Waals surface area (Å²) in [6, 6.07) is 3.70. The van der Waals surface area contributed by atoms with Gasteiger partial charge in [-0.05, 0) is 12.1 Å². The molecule has 2 atom stereocenters.